The number of benzene rings is 3. The number of fused-ring (bicyclic) bond motifs is 1. The van der Waals surface area contributed by atoms with Crippen LogP contribution in [0.4, 0.5) is 5.69 Å². The first-order valence-electron chi connectivity index (χ1n) is 17.1. The summed E-state index contributed by atoms with van der Waals surface area (Å²) in [6.45, 7) is 1.60. The topological polar surface area (TPSA) is 166 Å². The highest BCUT2D eigenvalue weighted by atomic mass is 32.2. The van der Waals surface area contributed by atoms with Crippen molar-refractivity contribution < 1.29 is 27.6 Å². The zero-order chi connectivity index (χ0) is 35.0. The van der Waals surface area contributed by atoms with E-state index in [1.165, 1.54) is 43.5 Å². The summed E-state index contributed by atoms with van der Waals surface area (Å²) in [5.41, 5.74) is 2.17. The van der Waals surface area contributed by atoms with Gasteiger partial charge in [0.2, 0.25) is 11.8 Å². The lowest BCUT2D eigenvalue weighted by Gasteiger charge is -2.56. The number of anilines is 1. The Bertz CT molecular complexity index is 2040. The minimum Gasteiger partial charge on any atom is -0.361 e. The summed E-state index contributed by atoms with van der Waals surface area (Å²) in [4.78, 5) is 55.8. The van der Waals surface area contributed by atoms with Crippen LogP contribution >= 0.6 is 0 Å². The van der Waals surface area contributed by atoms with E-state index in [0.29, 0.717) is 12.1 Å². The second-order valence-electron chi connectivity index (χ2n) is 14.4. The maximum absolute atomic E-state index is 13.9. The van der Waals surface area contributed by atoms with E-state index >= 15 is 0 Å². The van der Waals surface area contributed by atoms with Crippen LogP contribution in [0.2, 0.25) is 0 Å². The Morgan fingerprint density at radius 1 is 0.820 bits per heavy atom. The molecule has 260 valence electrons. The Balaban J connectivity index is 1.09. The Labute approximate surface area is 291 Å². The van der Waals surface area contributed by atoms with Gasteiger partial charge in [0.1, 0.15) is 0 Å². The molecule has 0 aliphatic heterocycles. The standard InChI is InChI=1S/C38H41N5O6S/c1-23(44)43-50(48,49)30-9-5-8-29(16-30)42-37(47)33(27-6-3-2-4-7-27)21-40-35(45)31-15-28-10-11-39-34(28)17-32(31)36(46)41-22-38-18-24-12-25(19-38)14-26(13-24)20-38/h2-11,15-17,24-26,33,39H,12-14,18-22H2,1H3,(H,40,45)(H,41,46)(H,42,47)(H,43,44). The van der Waals surface area contributed by atoms with Crippen molar-refractivity contribution in [3.8, 4) is 0 Å². The monoisotopic (exact) mass is 695 g/mol. The third kappa shape index (κ3) is 7.02. The average molecular weight is 696 g/mol. The van der Waals surface area contributed by atoms with Crippen LogP contribution in [0.15, 0.2) is 83.9 Å². The number of carbonyl (C=O) groups excluding carboxylic acids is 4. The Morgan fingerprint density at radius 3 is 2.16 bits per heavy atom. The fourth-order valence-corrected chi connectivity index (χ4v) is 9.94. The first kappa shape index (κ1) is 33.5. The van der Waals surface area contributed by atoms with Crippen molar-refractivity contribution in [2.45, 2.75) is 56.3 Å². The van der Waals surface area contributed by atoms with E-state index in [0.717, 1.165) is 54.8 Å². The van der Waals surface area contributed by atoms with Gasteiger partial charge >= 0.3 is 0 Å². The molecular weight excluding hydrogens is 655 g/mol. The highest BCUT2D eigenvalue weighted by molar-refractivity contribution is 7.90. The Kier molecular flexibility index (Phi) is 8.98. The van der Waals surface area contributed by atoms with Gasteiger partial charge in [-0.25, -0.2) is 13.1 Å². The predicted octanol–water partition coefficient (Wildman–Crippen LogP) is 5.09. The van der Waals surface area contributed by atoms with Gasteiger partial charge in [0, 0.05) is 42.8 Å². The fraction of sp³-hybridized carbons (Fsp3) is 0.368. The molecule has 4 saturated carbocycles. The van der Waals surface area contributed by atoms with Gasteiger partial charge in [-0.05, 0) is 104 Å². The van der Waals surface area contributed by atoms with Gasteiger partial charge in [0.15, 0.2) is 0 Å². The number of H-pyrrole nitrogens is 1. The number of sulfonamides is 1. The van der Waals surface area contributed by atoms with Gasteiger partial charge in [0.25, 0.3) is 21.8 Å². The number of hydrogen-bond donors (Lipinski definition) is 5. The highest BCUT2D eigenvalue weighted by Crippen LogP contribution is 2.59. The smallest absolute Gasteiger partial charge is 0.264 e. The Hall–Kier alpha value is -4.97. The molecule has 0 spiro atoms. The summed E-state index contributed by atoms with van der Waals surface area (Å²) < 4.78 is 27.0. The number of carbonyl (C=O) groups is 4. The maximum Gasteiger partial charge on any atom is 0.264 e. The third-order valence-electron chi connectivity index (χ3n) is 10.6. The van der Waals surface area contributed by atoms with Gasteiger partial charge in [-0.2, -0.15) is 0 Å². The summed E-state index contributed by atoms with van der Waals surface area (Å²) in [5, 5.41) is 9.63. The molecule has 4 aliphatic rings. The molecular formula is C38H41N5O6S. The van der Waals surface area contributed by atoms with E-state index in [1.54, 1.807) is 42.6 Å². The summed E-state index contributed by atoms with van der Waals surface area (Å²) in [6.07, 6.45) is 9.17. The van der Waals surface area contributed by atoms with Crippen molar-refractivity contribution >= 4 is 50.2 Å². The van der Waals surface area contributed by atoms with E-state index in [-0.39, 0.29) is 39.6 Å². The van der Waals surface area contributed by atoms with E-state index in [2.05, 4.69) is 20.9 Å². The second kappa shape index (κ2) is 13.4. The lowest BCUT2D eigenvalue weighted by Crippen LogP contribution is -2.51. The van der Waals surface area contributed by atoms with Crippen molar-refractivity contribution in [1.29, 1.82) is 0 Å². The number of nitrogens with one attached hydrogen (secondary N) is 5. The van der Waals surface area contributed by atoms with E-state index in [1.807, 2.05) is 16.9 Å². The third-order valence-corrected chi connectivity index (χ3v) is 12.1. The van der Waals surface area contributed by atoms with Crippen LogP contribution in [0.1, 0.15) is 77.6 Å². The molecule has 4 aliphatic carbocycles. The highest BCUT2D eigenvalue weighted by Gasteiger charge is 2.50. The minimum atomic E-state index is -4.12. The van der Waals surface area contributed by atoms with Crippen LogP contribution in [-0.2, 0) is 19.6 Å². The quantitative estimate of drug-likeness (QED) is 0.147. The lowest BCUT2D eigenvalue weighted by atomic mass is 9.49. The molecule has 1 unspecified atom stereocenters. The number of aromatic amines is 1. The zero-order valence-corrected chi connectivity index (χ0v) is 28.6. The molecule has 4 fully saturated rings. The molecule has 4 aromatic rings. The largest absolute Gasteiger partial charge is 0.361 e. The molecule has 8 rings (SSSR count). The van der Waals surface area contributed by atoms with E-state index in [9.17, 15) is 27.6 Å². The molecule has 3 aromatic carbocycles. The molecule has 1 atom stereocenters. The first-order chi connectivity index (χ1) is 24.0. The second-order valence-corrected chi connectivity index (χ2v) is 16.1. The predicted molar refractivity (Wildman–Crippen MR) is 189 cm³/mol. The van der Waals surface area contributed by atoms with Crippen LogP contribution in [0, 0.1) is 23.2 Å². The van der Waals surface area contributed by atoms with Crippen molar-refractivity contribution in [2.24, 2.45) is 23.2 Å². The fourth-order valence-electron chi connectivity index (χ4n) is 8.90. The molecule has 11 nitrogen and oxygen atoms in total. The summed E-state index contributed by atoms with van der Waals surface area (Å²) in [7, 11) is -4.12. The van der Waals surface area contributed by atoms with E-state index < -0.39 is 33.7 Å². The Morgan fingerprint density at radius 2 is 1.48 bits per heavy atom. The van der Waals surface area contributed by atoms with Crippen molar-refractivity contribution in [2.75, 3.05) is 18.4 Å². The van der Waals surface area contributed by atoms with Crippen LogP contribution in [0.5, 0.6) is 0 Å². The molecule has 0 saturated heterocycles. The van der Waals surface area contributed by atoms with E-state index in [4.69, 9.17) is 0 Å². The normalized spacial score (nSPS) is 22.9. The molecule has 50 heavy (non-hydrogen) atoms. The van der Waals surface area contributed by atoms with Crippen molar-refractivity contribution in [1.82, 2.24) is 20.3 Å². The minimum absolute atomic E-state index is 0.0991. The van der Waals surface area contributed by atoms with Crippen LogP contribution in [-0.4, -0.2) is 50.1 Å². The molecule has 12 heteroatoms. The molecule has 1 heterocycles. The van der Waals surface area contributed by atoms with Gasteiger partial charge < -0.3 is 20.9 Å². The van der Waals surface area contributed by atoms with Crippen LogP contribution < -0.4 is 20.7 Å². The molecule has 5 N–H and O–H groups in total. The first-order valence-corrected chi connectivity index (χ1v) is 18.6. The number of hydrogen-bond acceptors (Lipinski definition) is 6. The lowest BCUT2D eigenvalue weighted by molar-refractivity contribution is -0.118. The molecule has 1 aromatic heterocycles. The molecule has 4 amide bonds. The number of rotatable bonds is 11. The van der Waals surface area contributed by atoms with Gasteiger partial charge in [-0.15, -0.1) is 0 Å². The van der Waals surface area contributed by atoms with Gasteiger partial charge in [-0.3, -0.25) is 19.2 Å². The summed E-state index contributed by atoms with van der Waals surface area (Å²) in [6, 6.07) is 19.7. The van der Waals surface area contributed by atoms with Crippen molar-refractivity contribution in [3.05, 3.63) is 95.7 Å². The number of aromatic nitrogens is 1. The summed E-state index contributed by atoms with van der Waals surface area (Å²) in [5.74, 6) is -0.613. The summed E-state index contributed by atoms with van der Waals surface area (Å²) >= 11 is 0. The average Bonchev–Trinajstić information content (AvgIpc) is 3.54. The molecule has 0 radical (unpaired) electrons. The van der Waals surface area contributed by atoms with Crippen LogP contribution in [0.3, 0.4) is 0 Å². The van der Waals surface area contributed by atoms with Crippen molar-refractivity contribution in [3.63, 3.8) is 0 Å². The van der Waals surface area contributed by atoms with Gasteiger partial charge in [-0.1, -0.05) is 36.4 Å². The molecule has 4 bridgehead atoms. The SMILES string of the molecule is CC(=O)NS(=O)(=O)c1cccc(NC(=O)C(CNC(=O)c2cc3cc[nH]c3cc2C(=O)NCC23CC4CC(CC(C4)C2)C3)c2ccccc2)c1. The maximum atomic E-state index is 13.9. The van der Waals surface area contributed by atoms with Crippen LogP contribution in [0.25, 0.3) is 10.9 Å². The zero-order valence-electron chi connectivity index (χ0n) is 27.8. The van der Waals surface area contributed by atoms with Gasteiger partial charge in [0.05, 0.1) is 21.9 Å². The number of amides is 4.